The second-order valence-electron chi connectivity index (χ2n) is 6.68. The van der Waals surface area contributed by atoms with Crippen LogP contribution in [0.5, 0.6) is 0 Å². The maximum absolute atomic E-state index is 12.4. The molecule has 0 N–H and O–H groups in total. The zero-order valence-electron chi connectivity index (χ0n) is 11.3. The average Bonchev–Trinajstić information content (AvgIpc) is 2.75. The normalized spacial score (nSPS) is 41.3. The number of amides is 1. The standard InChI is InChI=1S/C13H19NO4S/c1-12(2)9-3-5-13(12)8-19(17,18)14(10(13)7-9)11(16)4-6-15/h6,9-10H,3-5,7-8H2,1-2H3/t9?,10?,13-/m1/s1. The molecule has 106 valence electrons. The molecule has 0 aromatic rings. The van der Waals surface area contributed by atoms with E-state index >= 15 is 0 Å². The van der Waals surface area contributed by atoms with Crippen LogP contribution in [0.4, 0.5) is 0 Å². The van der Waals surface area contributed by atoms with Crippen LogP contribution >= 0.6 is 0 Å². The third-order valence-electron chi connectivity index (χ3n) is 5.91. The Kier molecular flexibility index (Phi) is 2.48. The van der Waals surface area contributed by atoms with Crippen LogP contribution in [0, 0.1) is 16.7 Å². The van der Waals surface area contributed by atoms with Crippen molar-refractivity contribution in [1.29, 1.82) is 0 Å². The summed E-state index contributed by atoms with van der Waals surface area (Å²) in [5.74, 6) is -0.00145. The molecule has 0 radical (unpaired) electrons. The number of hydrogen-bond donors (Lipinski definition) is 0. The Morgan fingerprint density at radius 2 is 2.11 bits per heavy atom. The van der Waals surface area contributed by atoms with Gasteiger partial charge in [-0.15, -0.1) is 0 Å². The fourth-order valence-corrected chi connectivity index (χ4v) is 7.34. The molecule has 2 bridgehead atoms. The van der Waals surface area contributed by atoms with E-state index in [1.807, 2.05) is 0 Å². The average molecular weight is 285 g/mol. The molecule has 19 heavy (non-hydrogen) atoms. The molecule has 1 amide bonds. The fraction of sp³-hybridized carbons (Fsp3) is 0.846. The van der Waals surface area contributed by atoms with Gasteiger partial charge in [-0.2, -0.15) is 0 Å². The highest BCUT2D eigenvalue weighted by molar-refractivity contribution is 7.90. The van der Waals surface area contributed by atoms with E-state index in [0.29, 0.717) is 12.2 Å². The van der Waals surface area contributed by atoms with E-state index in [4.69, 9.17) is 0 Å². The van der Waals surface area contributed by atoms with Crippen molar-refractivity contribution in [3.63, 3.8) is 0 Å². The summed E-state index contributed by atoms with van der Waals surface area (Å²) in [5.41, 5.74) is -0.337. The minimum absolute atomic E-state index is 0.0407. The van der Waals surface area contributed by atoms with Gasteiger partial charge in [0.15, 0.2) is 0 Å². The number of nitrogens with zero attached hydrogens (tertiary/aromatic N) is 1. The van der Waals surface area contributed by atoms with E-state index in [9.17, 15) is 18.0 Å². The van der Waals surface area contributed by atoms with Crippen molar-refractivity contribution < 1.29 is 18.0 Å². The van der Waals surface area contributed by atoms with Gasteiger partial charge in [0, 0.05) is 5.41 Å². The second kappa shape index (κ2) is 3.59. The van der Waals surface area contributed by atoms with Crippen molar-refractivity contribution in [2.45, 2.75) is 45.6 Å². The van der Waals surface area contributed by atoms with Crippen molar-refractivity contribution in [3.05, 3.63) is 0 Å². The lowest BCUT2D eigenvalue weighted by atomic mass is 9.69. The summed E-state index contributed by atoms with van der Waals surface area (Å²) in [4.78, 5) is 22.5. The van der Waals surface area contributed by atoms with Crippen LogP contribution in [-0.2, 0) is 19.6 Å². The van der Waals surface area contributed by atoms with E-state index in [1.54, 1.807) is 0 Å². The number of aldehydes is 1. The number of hydrogen-bond acceptors (Lipinski definition) is 4. The molecule has 1 saturated heterocycles. The van der Waals surface area contributed by atoms with E-state index < -0.39 is 15.9 Å². The summed E-state index contributed by atoms with van der Waals surface area (Å²) in [7, 11) is -3.56. The number of sulfonamides is 1. The summed E-state index contributed by atoms with van der Waals surface area (Å²) in [6.45, 7) is 4.27. The summed E-state index contributed by atoms with van der Waals surface area (Å²) in [6, 6.07) is -0.223. The van der Waals surface area contributed by atoms with Crippen molar-refractivity contribution >= 4 is 22.2 Å². The van der Waals surface area contributed by atoms with Gasteiger partial charge in [-0.25, -0.2) is 12.7 Å². The SMILES string of the molecule is CC1(C)C2CC[C@]13CS(=O)(=O)N(C(=O)CC=O)C3C2. The highest BCUT2D eigenvalue weighted by Crippen LogP contribution is 2.69. The molecule has 5 nitrogen and oxygen atoms in total. The maximum atomic E-state index is 12.4. The Labute approximate surface area is 113 Å². The molecule has 1 aliphatic heterocycles. The summed E-state index contributed by atoms with van der Waals surface area (Å²) < 4.78 is 25.7. The lowest BCUT2D eigenvalue weighted by molar-refractivity contribution is -0.130. The Morgan fingerprint density at radius 3 is 2.68 bits per heavy atom. The van der Waals surface area contributed by atoms with Gasteiger partial charge in [0.1, 0.15) is 6.29 Å². The third-order valence-corrected chi connectivity index (χ3v) is 7.85. The van der Waals surface area contributed by atoms with Gasteiger partial charge in [0.25, 0.3) is 0 Å². The number of fused-ring (bicyclic) bond motifs is 1. The van der Waals surface area contributed by atoms with Crippen LogP contribution in [0.15, 0.2) is 0 Å². The lowest BCUT2D eigenvalue weighted by Crippen LogP contribution is -2.44. The minimum atomic E-state index is -3.56. The molecule has 3 rings (SSSR count). The van der Waals surface area contributed by atoms with Gasteiger partial charge in [-0.1, -0.05) is 13.8 Å². The lowest BCUT2D eigenvalue weighted by Gasteiger charge is -2.37. The number of carbonyl (C=O) groups is 2. The van der Waals surface area contributed by atoms with Gasteiger partial charge in [0.05, 0.1) is 18.2 Å². The molecule has 3 fully saturated rings. The monoisotopic (exact) mass is 285 g/mol. The Hall–Kier alpha value is -0.910. The van der Waals surface area contributed by atoms with Gasteiger partial charge < -0.3 is 4.79 Å². The van der Waals surface area contributed by atoms with Gasteiger partial charge in [-0.05, 0) is 30.6 Å². The van der Waals surface area contributed by atoms with E-state index in [0.717, 1.165) is 23.6 Å². The molecule has 2 unspecified atom stereocenters. The summed E-state index contributed by atoms with van der Waals surface area (Å²) in [6.07, 6.45) is 2.84. The van der Waals surface area contributed by atoms with Crippen molar-refractivity contribution in [2.24, 2.45) is 16.7 Å². The quantitative estimate of drug-likeness (QED) is 0.559. The Balaban J connectivity index is 2.06. The molecule has 0 aromatic heterocycles. The van der Waals surface area contributed by atoms with E-state index in [-0.39, 0.29) is 29.0 Å². The van der Waals surface area contributed by atoms with Crippen molar-refractivity contribution in [3.8, 4) is 0 Å². The first-order valence-electron chi connectivity index (χ1n) is 6.75. The van der Waals surface area contributed by atoms with E-state index in [1.165, 1.54) is 0 Å². The first-order chi connectivity index (χ1) is 8.76. The van der Waals surface area contributed by atoms with Crippen molar-refractivity contribution in [1.82, 2.24) is 4.31 Å². The van der Waals surface area contributed by atoms with Crippen LogP contribution in [0.1, 0.15) is 39.5 Å². The Bertz CT molecular complexity index is 553. The van der Waals surface area contributed by atoms with Gasteiger partial charge in [0.2, 0.25) is 15.9 Å². The number of rotatable bonds is 2. The van der Waals surface area contributed by atoms with E-state index in [2.05, 4.69) is 13.8 Å². The predicted octanol–water partition coefficient (Wildman–Crippen LogP) is 0.942. The van der Waals surface area contributed by atoms with Crippen LogP contribution in [-0.4, -0.2) is 36.7 Å². The minimum Gasteiger partial charge on any atom is -0.303 e. The van der Waals surface area contributed by atoms with Crippen LogP contribution in [0.3, 0.4) is 0 Å². The molecule has 2 saturated carbocycles. The van der Waals surface area contributed by atoms with Crippen molar-refractivity contribution in [2.75, 3.05) is 5.75 Å². The molecule has 3 atom stereocenters. The summed E-state index contributed by atoms with van der Waals surface area (Å²) >= 11 is 0. The van der Waals surface area contributed by atoms with Gasteiger partial charge in [-0.3, -0.25) is 4.79 Å². The fourth-order valence-electron chi connectivity index (χ4n) is 4.78. The molecule has 1 heterocycles. The molecule has 6 heteroatoms. The molecular weight excluding hydrogens is 266 g/mol. The highest BCUT2D eigenvalue weighted by atomic mass is 32.2. The van der Waals surface area contributed by atoms with Crippen LogP contribution in [0.25, 0.3) is 0 Å². The summed E-state index contributed by atoms with van der Waals surface area (Å²) in [5, 5.41) is 0. The first-order valence-corrected chi connectivity index (χ1v) is 8.36. The Morgan fingerprint density at radius 1 is 1.42 bits per heavy atom. The molecule has 3 aliphatic rings. The van der Waals surface area contributed by atoms with Crippen LogP contribution < -0.4 is 0 Å². The first kappa shape index (κ1) is 13.1. The molecule has 1 spiro atoms. The topological polar surface area (TPSA) is 71.5 Å². The molecule has 0 aromatic carbocycles. The zero-order chi connectivity index (χ0) is 14.1. The predicted molar refractivity (Wildman–Crippen MR) is 68.7 cm³/mol. The highest BCUT2D eigenvalue weighted by Gasteiger charge is 2.72. The van der Waals surface area contributed by atoms with Gasteiger partial charge >= 0.3 is 0 Å². The molecule has 2 aliphatic carbocycles. The zero-order valence-corrected chi connectivity index (χ0v) is 12.1. The molecular formula is C13H19NO4S. The second-order valence-corrected chi connectivity index (χ2v) is 8.53. The maximum Gasteiger partial charge on any atom is 0.243 e. The smallest absolute Gasteiger partial charge is 0.243 e. The largest absolute Gasteiger partial charge is 0.303 e. The third kappa shape index (κ3) is 1.38. The van der Waals surface area contributed by atoms with Crippen LogP contribution in [0.2, 0.25) is 0 Å². The number of carbonyl (C=O) groups excluding carboxylic acids is 2.